The molecular formula is C15H20BrClO2. The van der Waals surface area contributed by atoms with E-state index in [0.717, 1.165) is 35.2 Å². The largest absolute Gasteiger partial charge is 0.497 e. The minimum absolute atomic E-state index is 0.0193. The first-order valence-corrected chi connectivity index (χ1v) is 8.02. The van der Waals surface area contributed by atoms with Gasteiger partial charge in [0.2, 0.25) is 0 Å². The van der Waals surface area contributed by atoms with Gasteiger partial charge in [0.25, 0.3) is 0 Å². The Morgan fingerprint density at radius 3 is 2.95 bits per heavy atom. The number of ether oxygens (including phenoxy) is 2. The number of hydrogen-bond acceptors (Lipinski definition) is 2. The summed E-state index contributed by atoms with van der Waals surface area (Å²) in [6.45, 7) is 0.907. The van der Waals surface area contributed by atoms with Crippen molar-refractivity contribution in [1.82, 2.24) is 0 Å². The van der Waals surface area contributed by atoms with Gasteiger partial charge in [-0.2, -0.15) is 0 Å². The van der Waals surface area contributed by atoms with Crippen molar-refractivity contribution in [3.05, 3.63) is 28.2 Å². The highest BCUT2D eigenvalue weighted by Crippen LogP contribution is 2.35. The van der Waals surface area contributed by atoms with Gasteiger partial charge in [-0.3, -0.25) is 0 Å². The minimum Gasteiger partial charge on any atom is -0.497 e. The molecular weight excluding hydrogens is 328 g/mol. The normalized spacial score (nSPS) is 21.1. The molecule has 19 heavy (non-hydrogen) atoms. The van der Waals surface area contributed by atoms with Gasteiger partial charge in [0.05, 0.1) is 18.6 Å². The van der Waals surface area contributed by atoms with Gasteiger partial charge >= 0.3 is 0 Å². The van der Waals surface area contributed by atoms with Gasteiger partial charge < -0.3 is 9.47 Å². The fraction of sp³-hybridized carbons (Fsp3) is 0.600. The highest BCUT2D eigenvalue weighted by atomic mass is 79.9. The smallest absolute Gasteiger partial charge is 0.120 e. The fourth-order valence-corrected chi connectivity index (χ4v) is 3.49. The van der Waals surface area contributed by atoms with E-state index < -0.39 is 0 Å². The fourth-order valence-electron chi connectivity index (χ4n) is 2.41. The van der Waals surface area contributed by atoms with Crippen LogP contribution in [-0.4, -0.2) is 19.8 Å². The molecule has 0 aliphatic carbocycles. The van der Waals surface area contributed by atoms with Crippen LogP contribution in [0.3, 0.4) is 0 Å². The molecule has 2 atom stereocenters. The molecule has 0 N–H and O–H groups in total. The van der Waals surface area contributed by atoms with Crippen molar-refractivity contribution in [1.29, 1.82) is 0 Å². The quantitative estimate of drug-likeness (QED) is 0.691. The second kappa shape index (κ2) is 7.51. The molecule has 0 aromatic heterocycles. The molecule has 0 amide bonds. The Morgan fingerprint density at radius 1 is 1.47 bits per heavy atom. The Morgan fingerprint density at radius 2 is 2.32 bits per heavy atom. The average Bonchev–Trinajstić information content (AvgIpc) is 2.45. The molecule has 1 fully saturated rings. The van der Waals surface area contributed by atoms with E-state index in [0.29, 0.717) is 6.10 Å². The summed E-state index contributed by atoms with van der Waals surface area (Å²) in [5, 5.41) is 0.0193. The van der Waals surface area contributed by atoms with E-state index in [4.69, 9.17) is 21.1 Å². The van der Waals surface area contributed by atoms with E-state index in [2.05, 4.69) is 15.9 Å². The zero-order chi connectivity index (χ0) is 13.7. The zero-order valence-electron chi connectivity index (χ0n) is 11.2. The molecule has 106 valence electrons. The third kappa shape index (κ3) is 4.37. The summed E-state index contributed by atoms with van der Waals surface area (Å²) in [7, 11) is 1.67. The van der Waals surface area contributed by atoms with Gasteiger partial charge in [-0.1, -0.05) is 22.0 Å². The van der Waals surface area contributed by atoms with Gasteiger partial charge in [0, 0.05) is 11.1 Å². The molecule has 0 radical (unpaired) electrons. The van der Waals surface area contributed by atoms with Crippen LogP contribution in [0.25, 0.3) is 0 Å². The van der Waals surface area contributed by atoms with Crippen LogP contribution in [0.2, 0.25) is 0 Å². The van der Waals surface area contributed by atoms with Gasteiger partial charge in [-0.05, 0) is 49.8 Å². The van der Waals surface area contributed by atoms with E-state index in [1.165, 1.54) is 19.3 Å². The highest BCUT2D eigenvalue weighted by Gasteiger charge is 2.18. The lowest BCUT2D eigenvalue weighted by molar-refractivity contribution is 0.01000. The van der Waals surface area contributed by atoms with Gasteiger partial charge in [0.15, 0.2) is 0 Å². The summed E-state index contributed by atoms with van der Waals surface area (Å²) in [5.41, 5.74) is 1.12. The summed E-state index contributed by atoms with van der Waals surface area (Å²) >= 11 is 10.1. The number of halogens is 2. The van der Waals surface area contributed by atoms with Gasteiger partial charge in [-0.15, -0.1) is 11.6 Å². The van der Waals surface area contributed by atoms with E-state index in [-0.39, 0.29) is 5.38 Å². The van der Waals surface area contributed by atoms with E-state index >= 15 is 0 Å². The van der Waals surface area contributed by atoms with Crippen molar-refractivity contribution in [3.63, 3.8) is 0 Å². The third-order valence-electron chi connectivity index (χ3n) is 3.56. The Kier molecular flexibility index (Phi) is 5.99. The first-order chi connectivity index (χ1) is 9.20. The number of benzene rings is 1. The lowest BCUT2D eigenvalue weighted by Crippen LogP contribution is -2.19. The zero-order valence-corrected chi connectivity index (χ0v) is 13.5. The summed E-state index contributed by atoms with van der Waals surface area (Å²) in [5.74, 6) is 0.843. The Labute approximate surface area is 128 Å². The molecule has 1 aliphatic heterocycles. The predicted octanol–water partition coefficient (Wildman–Crippen LogP) is 5.09. The summed E-state index contributed by atoms with van der Waals surface area (Å²) < 4.78 is 11.9. The number of methoxy groups -OCH3 is 1. The first-order valence-electron chi connectivity index (χ1n) is 6.80. The molecule has 0 saturated carbocycles. The van der Waals surface area contributed by atoms with Crippen molar-refractivity contribution in [2.75, 3.05) is 13.7 Å². The first kappa shape index (κ1) is 15.1. The van der Waals surface area contributed by atoms with Crippen LogP contribution < -0.4 is 4.74 Å². The maximum absolute atomic E-state index is 6.50. The molecule has 1 aromatic carbocycles. The Hall–Kier alpha value is -0.250. The summed E-state index contributed by atoms with van der Waals surface area (Å²) in [4.78, 5) is 0. The van der Waals surface area contributed by atoms with Crippen LogP contribution in [0.15, 0.2) is 22.7 Å². The molecule has 2 unspecified atom stereocenters. The molecule has 1 heterocycles. The maximum atomic E-state index is 6.50. The molecule has 0 spiro atoms. The monoisotopic (exact) mass is 346 g/mol. The Balaban J connectivity index is 1.89. The van der Waals surface area contributed by atoms with E-state index in [1.807, 2.05) is 18.2 Å². The molecule has 1 saturated heterocycles. The minimum atomic E-state index is 0.0193. The van der Waals surface area contributed by atoms with Crippen molar-refractivity contribution < 1.29 is 9.47 Å². The highest BCUT2D eigenvalue weighted by molar-refractivity contribution is 9.10. The summed E-state index contributed by atoms with van der Waals surface area (Å²) in [6, 6.07) is 5.94. The van der Waals surface area contributed by atoms with Crippen LogP contribution in [0.4, 0.5) is 0 Å². The van der Waals surface area contributed by atoms with E-state index in [9.17, 15) is 0 Å². The second-order valence-corrected chi connectivity index (χ2v) is 6.30. The van der Waals surface area contributed by atoms with Crippen LogP contribution in [-0.2, 0) is 4.74 Å². The van der Waals surface area contributed by atoms with Crippen LogP contribution in [0.5, 0.6) is 5.75 Å². The average molecular weight is 348 g/mol. The van der Waals surface area contributed by atoms with Gasteiger partial charge in [-0.25, -0.2) is 0 Å². The van der Waals surface area contributed by atoms with Crippen LogP contribution in [0.1, 0.15) is 43.0 Å². The van der Waals surface area contributed by atoms with Crippen molar-refractivity contribution in [3.8, 4) is 5.75 Å². The topological polar surface area (TPSA) is 18.5 Å². The SMILES string of the molecule is COc1ccc(C(Cl)CCC2CCCCO2)c(Br)c1. The van der Waals surface area contributed by atoms with Crippen molar-refractivity contribution >= 4 is 27.5 Å². The molecule has 2 nitrogen and oxygen atoms in total. The molecule has 2 rings (SSSR count). The van der Waals surface area contributed by atoms with Crippen molar-refractivity contribution in [2.45, 2.75) is 43.6 Å². The maximum Gasteiger partial charge on any atom is 0.120 e. The molecule has 4 heteroatoms. The second-order valence-electron chi connectivity index (χ2n) is 4.92. The lowest BCUT2D eigenvalue weighted by Gasteiger charge is -2.23. The van der Waals surface area contributed by atoms with Gasteiger partial charge in [0.1, 0.15) is 5.75 Å². The predicted molar refractivity (Wildman–Crippen MR) is 82.1 cm³/mol. The van der Waals surface area contributed by atoms with Crippen LogP contribution >= 0.6 is 27.5 Å². The van der Waals surface area contributed by atoms with Crippen molar-refractivity contribution in [2.24, 2.45) is 0 Å². The summed E-state index contributed by atoms with van der Waals surface area (Å²) in [6.07, 6.45) is 6.03. The standard InChI is InChI=1S/C15H20BrClO2/c1-18-12-5-7-13(14(16)10-12)15(17)8-6-11-4-2-3-9-19-11/h5,7,10-11,15H,2-4,6,8-9H2,1H3. The van der Waals surface area contributed by atoms with Crippen LogP contribution in [0, 0.1) is 0 Å². The molecule has 1 aromatic rings. The van der Waals surface area contributed by atoms with E-state index in [1.54, 1.807) is 7.11 Å². The number of hydrogen-bond donors (Lipinski definition) is 0. The molecule has 0 bridgehead atoms. The molecule has 1 aliphatic rings. The lowest BCUT2D eigenvalue weighted by atomic mass is 10.0. The third-order valence-corrected chi connectivity index (χ3v) is 4.70. The Bertz CT molecular complexity index is 405. The number of alkyl halides is 1. The number of rotatable bonds is 5.